The fourth-order valence-corrected chi connectivity index (χ4v) is 2.48. The first-order valence-corrected chi connectivity index (χ1v) is 8.21. The zero-order valence-corrected chi connectivity index (χ0v) is 14.6. The van der Waals surface area contributed by atoms with E-state index in [4.69, 9.17) is 9.84 Å². The van der Waals surface area contributed by atoms with Crippen LogP contribution in [-0.4, -0.2) is 35.5 Å². The first-order valence-electron chi connectivity index (χ1n) is 8.21. The SMILES string of the molecule is Cc1cccc(COc2cccc(C(=O)N(C)CCCC(=O)O)c2)c1. The number of nitrogens with zero attached hydrogens (tertiary/aromatic N) is 1. The minimum Gasteiger partial charge on any atom is -0.489 e. The summed E-state index contributed by atoms with van der Waals surface area (Å²) in [4.78, 5) is 24.5. The van der Waals surface area contributed by atoms with Crippen molar-refractivity contribution in [1.29, 1.82) is 0 Å². The van der Waals surface area contributed by atoms with Crippen LogP contribution < -0.4 is 4.74 Å². The normalized spacial score (nSPS) is 10.3. The molecule has 0 unspecified atom stereocenters. The second kappa shape index (κ2) is 8.87. The van der Waals surface area contributed by atoms with Crippen LogP contribution in [0.5, 0.6) is 5.75 Å². The number of aryl methyl sites for hydroxylation is 1. The minimum absolute atomic E-state index is 0.0528. The maximum absolute atomic E-state index is 12.4. The van der Waals surface area contributed by atoms with Crippen LogP contribution in [0.15, 0.2) is 48.5 Å². The van der Waals surface area contributed by atoms with Crippen LogP contribution in [0.3, 0.4) is 0 Å². The molecule has 1 N–H and O–H groups in total. The summed E-state index contributed by atoms with van der Waals surface area (Å²) in [5, 5.41) is 8.67. The molecule has 0 aliphatic heterocycles. The lowest BCUT2D eigenvalue weighted by Gasteiger charge is -2.17. The Bertz CT molecular complexity index is 742. The number of aliphatic carboxylic acids is 1. The van der Waals surface area contributed by atoms with Gasteiger partial charge in [-0.05, 0) is 37.1 Å². The molecule has 0 aromatic heterocycles. The van der Waals surface area contributed by atoms with Crippen molar-refractivity contribution in [2.24, 2.45) is 0 Å². The number of carboxylic acid groups (broad SMARTS) is 1. The maximum atomic E-state index is 12.4. The van der Waals surface area contributed by atoms with Crippen LogP contribution in [-0.2, 0) is 11.4 Å². The van der Waals surface area contributed by atoms with E-state index in [9.17, 15) is 9.59 Å². The van der Waals surface area contributed by atoms with Gasteiger partial charge < -0.3 is 14.7 Å². The van der Waals surface area contributed by atoms with Gasteiger partial charge in [-0.2, -0.15) is 0 Å². The van der Waals surface area contributed by atoms with Gasteiger partial charge >= 0.3 is 5.97 Å². The third-order valence-corrected chi connectivity index (χ3v) is 3.80. The van der Waals surface area contributed by atoms with Crippen LogP contribution in [0.25, 0.3) is 0 Å². The van der Waals surface area contributed by atoms with E-state index in [-0.39, 0.29) is 12.3 Å². The topological polar surface area (TPSA) is 66.8 Å². The van der Waals surface area contributed by atoms with E-state index in [1.54, 1.807) is 25.2 Å². The number of carbonyl (C=O) groups is 2. The Labute approximate surface area is 147 Å². The predicted octanol–water partition coefficient (Wildman–Crippen LogP) is 3.51. The summed E-state index contributed by atoms with van der Waals surface area (Å²) < 4.78 is 5.78. The van der Waals surface area contributed by atoms with E-state index in [0.717, 1.165) is 5.56 Å². The zero-order chi connectivity index (χ0) is 18.2. The van der Waals surface area contributed by atoms with E-state index < -0.39 is 5.97 Å². The van der Waals surface area contributed by atoms with Crippen molar-refractivity contribution in [3.8, 4) is 5.75 Å². The standard InChI is InChI=1S/C20H23NO4/c1-15-6-3-7-16(12-15)14-25-18-9-4-8-17(13-18)20(24)21(2)11-5-10-19(22)23/h3-4,6-9,12-13H,5,10-11,14H2,1-2H3,(H,22,23). The fourth-order valence-electron chi connectivity index (χ4n) is 2.48. The second-order valence-corrected chi connectivity index (χ2v) is 6.03. The van der Waals surface area contributed by atoms with E-state index in [1.165, 1.54) is 10.5 Å². The molecule has 2 aromatic carbocycles. The second-order valence-electron chi connectivity index (χ2n) is 6.03. The van der Waals surface area contributed by atoms with Crippen LogP contribution in [0.2, 0.25) is 0 Å². The Kier molecular flexibility index (Phi) is 6.57. The van der Waals surface area contributed by atoms with Crippen molar-refractivity contribution in [2.75, 3.05) is 13.6 Å². The van der Waals surface area contributed by atoms with Gasteiger partial charge in [-0.3, -0.25) is 9.59 Å². The molecule has 132 valence electrons. The smallest absolute Gasteiger partial charge is 0.303 e. The lowest BCUT2D eigenvalue weighted by molar-refractivity contribution is -0.137. The highest BCUT2D eigenvalue weighted by Crippen LogP contribution is 2.17. The third kappa shape index (κ3) is 5.95. The van der Waals surface area contributed by atoms with E-state index >= 15 is 0 Å². The van der Waals surface area contributed by atoms with Gasteiger partial charge in [0.1, 0.15) is 12.4 Å². The van der Waals surface area contributed by atoms with E-state index in [1.807, 2.05) is 31.2 Å². The van der Waals surface area contributed by atoms with Crippen LogP contribution >= 0.6 is 0 Å². The third-order valence-electron chi connectivity index (χ3n) is 3.80. The number of amides is 1. The summed E-state index contributed by atoms with van der Waals surface area (Å²) in [5.74, 6) is -0.370. The Morgan fingerprint density at radius 2 is 1.88 bits per heavy atom. The van der Waals surface area contributed by atoms with Gasteiger partial charge in [-0.25, -0.2) is 0 Å². The molecule has 0 atom stereocenters. The maximum Gasteiger partial charge on any atom is 0.303 e. The lowest BCUT2D eigenvalue weighted by Crippen LogP contribution is -2.28. The average molecular weight is 341 g/mol. The molecule has 1 amide bonds. The summed E-state index contributed by atoms with van der Waals surface area (Å²) >= 11 is 0. The predicted molar refractivity (Wildman–Crippen MR) is 95.8 cm³/mol. The largest absolute Gasteiger partial charge is 0.489 e. The molecule has 0 heterocycles. The van der Waals surface area contributed by atoms with Crippen LogP contribution in [0.1, 0.15) is 34.3 Å². The number of ether oxygens (including phenoxy) is 1. The molecule has 0 radical (unpaired) electrons. The molecule has 0 saturated carbocycles. The highest BCUT2D eigenvalue weighted by molar-refractivity contribution is 5.94. The van der Waals surface area contributed by atoms with Gasteiger partial charge in [0.15, 0.2) is 0 Å². The molecule has 0 spiro atoms. The Balaban J connectivity index is 1.95. The molecule has 2 aromatic rings. The molecule has 0 saturated heterocycles. The van der Waals surface area contributed by atoms with Gasteiger partial charge in [0, 0.05) is 25.6 Å². The van der Waals surface area contributed by atoms with Gasteiger partial charge in [0.25, 0.3) is 5.91 Å². The van der Waals surface area contributed by atoms with Crippen LogP contribution in [0, 0.1) is 6.92 Å². The zero-order valence-electron chi connectivity index (χ0n) is 14.6. The van der Waals surface area contributed by atoms with Crippen molar-refractivity contribution < 1.29 is 19.4 Å². The number of carbonyl (C=O) groups excluding carboxylic acids is 1. The Hall–Kier alpha value is -2.82. The average Bonchev–Trinajstić information content (AvgIpc) is 2.59. The number of rotatable bonds is 8. The van der Waals surface area contributed by atoms with Gasteiger partial charge in [-0.1, -0.05) is 35.9 Å². The summed E-state index contributed by atoms with van der Waals surface area (Å²) in [7, 11) is 1.67. The fraction of sp³-hybridized carbons (Fsp3) is 0.300. The number of hydrogen-bond acceptors (Lipinski definition) is 3. The van der Waals surface area contributed by atoms with E-state index in [0.29, 0.717) is 30.9 Å². The molecule has 2 rings (SSSR count). The van der Waals surface area contributed by atoms with Crippen molar-refractivity contribution in [3.63, 3.8) is 0 Å². The Morgan fingerprint density at radius 3 is 2.60 bits per heavy atom. The Morgan fingerprint density at radius 1 is 1.12 bits per heavy atom. The van der Waals surface area contributed by atoms with Crippen molar-refractivity contribution >= 4 is 11.9 Å². The molecule has 5 nitrogen and oxygen atoms in total. The summed E-state index contributed by atoms with van der Waals surface area (Å²) in [6, 6.07) is 15.1. The molecule has 0 aliphatic carbocycles. The summed E-state index contributed by atoms with van der Waals surface area (Å²) in [6.45, 7) is 2.87. The molecular weight excluding hydrogens is 318 g/mol. The molecule has 0 fully saturated rings. The van der Waals surface area contributed by atoms with Gasteiger partial charge in [0.05, 0.1) is 0 Å². The van der Waals surface area contributed by atoms with Gasteiger partial charge in [0.2, 0.25) is 0 Å². The quantitative estimate of drug-likeness (QED) is 0.798. The molecule has 25 heavy (non-hydrogen) atoms. The van der Waals surface area contributed by atoms with Crippen molar-refractivity contribution in [3.05, 3.63) is 65.2 Å². The molecule has 5 heteroatoms. The number of hydrogen-bond donors (Lipinski definition) is 1. The first-order chi connectivity index (χ1) is 12.0. The van der Waals surface area contributed by atoms with Gasteiger partial charge in [-0.15, -0.1) is 0 Å². The molecule has 0 bridgehead atoms. The minimum atomic E-state index is -0.854. The molecule has 0 aliphatic rings. The summed E-state index contributed by atoms with van der Waals surface area (Å²) in [6.07, 6.45) is 0.485. The number of benzene rings is 2. The number of carboxylic acids is 1. The monoisotopic (exact) mass is 341 g/mol. The van der Waals surface area contributed by atoms with Crippen LogP contribution in [0.4, 0.5) is 0 Å². The highest BCUT2D eigenvalue weighted by atomic mass is 16.5. The van der Waals surface area contributed by atoms with Crippen molar-refractivity contribution in [2.45, 2.75) is 26.4 Å². The summed E-state index contributed by atoms with van der Waals surface area (Å²) in [5.41, 5.74) is 2.77. The molecular formula is C20H23NO4. The van der Waals surface area contributed by atoms with Crippen molar-refractivity contribution in [1.82, 2.24) is 4.90 Å². The highest BCUT2D eigenvalue weighted by Gasteiger charge is 2.12. The van der Waals surface area contributed by atoms with E-state index in [2.05, 4.69) is 6.07 Å². The first kappa shape index (κ1) is 18.5. The lowest BCUT2D eigenvalue weighted by atomic mass is 10.1.